The maximum atomic E-state index is 12.8. The first-order valence-electron chi connectivity index (χ1n) is 8.18. The van der Waals surface area contributed by atoms with Crippen LogP contribution in [0.15, 0.2) is 18.2 Å². The molecule has 118 valence electrons. The first kappa shape index (κ1) is 15.1. The van der Waals surface area contributed by atoms with Crippen LogP contribution in [-0.4, -0.2) is 40.6 Å². The molecule has 0 spiro atoms. The second-order valence-electron chi connectivity index (χ2n) is 6.27. The van der Waals surface area contributed by atoms with E-state index in [-0.39, 0.29) is 12.5 Å². The van der Waals surface area contributed by atoms with Gasteiger partial charge < -0.3 is 15.0 Å². The van der Waals surface area contributed by atoms with E-state index in [4.69, 9.17) is 5.11 Å². The lowest BCUT2D eigenvalue weighted by Gasteiger charge is -2.20. The quantitative estimate of drug-likeness (QED) is 0.912. The second-order valence-corrected chi connectivity index (χ2v) is 6.27. The molecule has 2 N–H and O–H groups in total. The Balaban J connectivity index is 2.06. The van der Waals surface area contributed by atoms with Crippen molar-refractivity contribution in [1.29, 1.82) is 0 Å². The molecule has 1 unspecified atom stereocenters. The Morgan fingerprint density at radius 3 is 3.00 bits per heavy atom. The molecule has 0 saturated carbocycles. The maximum Gasteiger partial charge on any atom is 0.256 e. The van der Waals surface area contributed by atoms with Crippen LogP contribution in [0.4, 0.5) is 0 Å². The molecule has 0 radical (unpaired) electrons. The lowest BCUT2D eigenvalue weighted by molar-refractivity contribution is 0.0734. The van der Waals surface area contributed by atoms with Gasteiger partial charge in [0.1, 0.15) is 0 Å². The van der Waals surface area contributed by atoms with Crippen molar-refractivity contribution in [3.63, 3.8) is 0 Å². The summed E-state index contributed by atoms with van der Waals surface area (Å²) in [5, 5.41) is 10.3. The predicted molar refractivity (Wildman–Crippen MR) is 88.2 cm³/mol. The van der Waals surface area contributed by atoms with E-state index in [1.165, 1.54) is 23.1 Å². The number of aromatic nitrogens is 1. The van der Waals surface area contributed by atoms with Crippen molar-refractivity contribution < 1.29 is 9.90 Å². The summed E-state index contributed by atoms with van der Waals surface area (Å²) in [7, 11) is 0. The number of amides is 1. The number of carbonyl (C=O) groups is 1. The number of para-hydroxylation sites is 1. The number of benzene rings is 1. The number of aryl methyl sites for hydroxylation is 1. The Labute approximate surface area is 131 Å². The van der Waals surface area contributed by atoms with E-state index in [0.717, 1.165) is 23.9 Å². The fraction of sp³-hybridized carbons (Fsp3) is 0.500. The Hall–Kier alpha value is -1.81. The number of aliphatic hydroxyl groups excluding tert-OH is 1. The van der Waals surface area contributed by atoms with Gasteiger partial charge >= 0.3 is 0 Å². The number of aliphatic hydroxyl groups is 1. The minimum atomic E-state index is -0.00574. The van der Waals surface area contributed by atoms with Crippen LogP contribution in [0.5, 0.6) is 0 Å². The predicted octanol–water partition coefficient (Wildman–Crippen LogP) is 2.75. The topological polar surface area (TPSA) is 56.3 Å². The summed E-state index contributed by atoms with van der Waals surface area (Å²) < 4.78 is 0. The summed E-state index contributed by atoms with van der Waals surface area (Å²) in [6.45, 7) is 5.21. The third-order valence-corrected chi connectivity index (χ3v) is 4.74. The molecule has 1 aromatic heterocycles. The summed E-state index contributed by atoms with van der Waals surface area (Å²) in [5.74, 6) is 0.696. The van der Waals surface area contributed by atoms with Gasteiger partial charge in [-0.25, -0.2) is 0 Å². The largest absolute Gasteiger partial charge is 0.395 e. The van der Waals surface area contributed by atoms with E-state index in [1.807, 2.05) is 19.1 Å². The smallest absolute Gasteiger partial charge is 0.256 e. The molecule has 0 aliphatic heterocycles. The number of aromatic amines is 1. The van der Waals surface area contributed by atoms with Gasteiger partial charge in [0, 0.05) is 24.2 Å². The van der Waals surface area contributed by atoms with E-state index >= 15 is 0 Å². The van der Waals surface area contributed by atoms with Crippen LogP contribution in [0.25, 0.3) is 10.9 Å². The van der Waals surface area contributed by atoms with Crippen molar-refractivity contribution in [2.75, 3.05) is 19.7 Å². The summed E-state index contributed by atoms with van der Waals surface area (Å²) in [5.41, 5.74) is 4.35. The van der Waals surface area contributed by atoms with Gasteiger partial charge in [0.15, 0.2) is 0 Å². The number of nitrogens with zero attached hydrogens (tertiary/aromatic N) is 1. The third kappa shape index (κ3) is 2.52. The van der Waals surface area contributed by atoms with Crippen LogP contribution in [0.1, 0.15) is 41.9 Å². The van der Waals surface area contributed by atoms with Crippen molar-refractivity contribution in [2.24, 2.45) is 5.92 Å². The SMILES string of the molecule is CCN(CCO)C(=O)c1cccc2c3c([nH]c12)CCC(C)C3. The van der Waals surface area contributed by atoms with Gasteiger partial charge in [-0.05, 0) is 43.7 Å². The van der Waals surface area contributed by atoms with Crippen LogP contribution < -0.4 is 0 Å². The summed E-state index contributed by atoms with van der Waals surface area (Å²) in [6, 6.07) is 5.97. The normalized spacial score (nSPS) is 17.5. The van der Waals surface area contributed by atoms with E-state index in [2.05, 4.69) is 18.0 Å². The molecule has 0 fully saturated rings. The number of fused-ring (bicyclic) bond motifs is 3. The molecule has 3 rings (SSSR count). The first-order valence-corrected chi connectivity index (χ1v) is 8.18. The lowest BCUT2D eigenvalue weighted by Crippen LogP contribution is -2.33. The van der Waals surface area contributed by atoms with Crippen LogP contribution in [0, 0.1) is 5.92 Å². The number of rotatable bonds is 4. The van der Waals surface area contributed by atoms with Gasteiger partial charge in [-0.2, -0.15) is 0 Å². The molecule has 0 bridgehead atoms. The number of carbonyl (C=O) groups excluding carboxylic acids is 1. The Morgan fingerprint density at radius 1 is 1.45 bits per heavy atom. The van der Waals surface area contributed by atoms with Crippen LogP contribution in [-0.2, 0) is 12.8 Å². The van der Waals surface area contributed by atoms with Gasteiger partial charge in [0.25, 0.3) is 5.91 Å². The van der Waals surface area contributed by atoms with Gasteiger partial charge in [-0.15, -0.1) is 0 Å². The average molecular weight is 300 g/mol. The number of H-pyrrole nitrogens is 1. The molecular weight excluding hydrogens is 276 g/mol. The maximum absolute atomic E-state index is 12.8. The molecule has 1 aromatic carbocycles. The zero-order valence-corrected chi connectivity index (χ0v) is 13.4. The van der Waals surface area contributed by atoms with E-state index < -0.39 is 0 Å². The number of likely N-dealkylation sites (N-methyl/N-ethyl adjacent to an activating group) is 1. The molecule has 1 amide bonds. The second kappa shape index (κ2) is 6.13. The standard InChI is InChI=1S/C18H24N2O2/c1-3-20(9-10-21)18(22)14-6-4-5-13-15-11-12(2)7-8-16(15)19-17(13)14/h4-6,12,19,21H,3,7-11H2,1-2H3. The van der Waals surface area contributed by atoms with Gasteiger partial charge in [0.05, 0.1) is 17.7 Å². The van der Waals surface area contributed by atoms with Crippen LogP contribution in [0.2, 0.25) is 0 Å². The van der Waals surface area contributed by atoms with Crippen LogP contribution in [0.3, 0.4) is 0 Å². The highest BCUT2D eigenvalue weighted by molar-refractivity contribution is 6.06. The minimum absolute atomic E-state index is 0.00566. The zero-order valence-electron chi connectivity index (χ0n) is 13.4. The molecule has 1 atom stereocenters. The summed E-state index contributed by atoms with van der Waals surface area (Å²) >= 11 is 0. The van der Waals surface area contributed by atoms with Gasteiger partial charge in [-0.1, -0.05) is 19.1 Å². The highest BCUT2D eigenvalue weighted by Gasteiger charge is 2.23. The number of nitrogens with one attached hydrogen (secondary N) is 1. The fourth-order valence-electron chi connectivity index (χ4n) is 3.49. The third-order valence-electron chi connectivity index (χ3n) is 4.74. The van der Waals surface area contributed by atoms with Crippen molar-refractivity contribution in [3.05, 3.63) is 35.0 Å². The highest BCUT2D eigenvalue weighted by Crippen LogP contribution is 2.33. The Bertz CT molecular complexity index is 690. The van der Waals surface area contributed by atoms with Crippen molar-refractivity contribution in [3.8, 4) is 0 Å². The minimum Gasteiger partial charge on any atom is -0.395 e. The van der Waals surface area contributed by atoms with E-state index in [9.17, 15) is 4.79 Å². The molecule has 1 aliphatic carbocycles. The highest BCUT2D eigenvalue weighted by atomic mass is 16.3. The summed E-state index contributed by atoms with van der Waals surface area (Å²) in [6.07, 6.45) is 3.35. The Kier molecular flexibility index (Phi) is 4.21. The first-order chi connectivity index (χ1) is 10.7. The van der Waals surface area contributed by atoms with Crippen molar-refractivity contribution >= 4 is 16.8 Å². The molecule has 2 aromatic rings. The van der Waals surface area contributed by atoms with Crippen molar-refractivity contribution in [1.82, 2.24) is 9.88 Å². The van der Waals surface area contributed by atoms with E-state index in [0.29, 0.717) is 19.0 Å². The van der Waals surface area contributed by atoms with E-state index in [1.54, 1.807) is 4.90 Å². The lowest BCUT2D eigenvalue weighted by atomic mass is 9.87. The molecule has 0 saturated heterocycles. The molecule has 4 nitrogen and oxygen atoms in total. The van der Waals surface area contributed by atoms with Crippen molar-refractivity contribution in [2.45, 2.75) is 33.1 Å². The number of hydrogen-bond donors (Lipinski definition) is 2. The molecule has 1 aliphatic rings. The van der Waals surface area contributed by atoms with Crippen LogP contribution >= 0.6 is 0 Å². The zero-order chi connectivity index (χ0) is 15.7. The fourth-order valence-corrected chi connectivity index (χ4v) is 3.49. The summed E-state index contributed by atoms with van der Waals surface area (Å²) in [4.78, 5) is 17.9. The number of hydrogen-bond acceptors (Lipinski definition) is 2. The van der Waals surface area contributed by atoms with Gasteiger partial charge in [0.2, 0.25) is 0 Å². The molecule has 4 heteroatoms. The molecular formula is C18H24N2O2. The Morgan fingerprint density at radius 2 is 2.27 bits per heavy atom. The molecule has 22 heavy (non-hydrogen) atoms. The monoisotopic (exact) mass is 300 g/mol. The average Bonchev–Trinajstić information content (AvgIpc) is 2.90. The molecule has 1 heterocycles. The van der Waals surface area contributed by atoms with Gasteiger partial charge in [-0.3, -0.25) is 4.79 Å².